The molecule has 1 aliphatic heterocycles. The van der Waals surface area contributed by atoms with E-state index in [1.807, 2.05) is 13.8 Å². The van der Waals surface area contributed by atoms with Crippen molar-refractivity contribution in [1.29, 1.82) is 0 Å². The summed E-state index contributed by atoms with van der Waals surface area (Å²) in [6.45, 7) is 6.87. The zero-order valence-corrected chi connectivity index (χ0v) is 11.7. The topological polar surface area (TPSA) is 49.4 Å². The number of nitrogens with zero attached hydrogens (tertiary/aromatic N) is 1. The van der Waals surface area contributed by atoms with Crippen LogP contribution >= 0.6 is 11.8 Å². The molecule has 1 heterocycles. The van der Waals surface area contributed by atoms with Crippen molar-refractivity contribution in [3.05, 3.63) is 0 Å². The highest BCUT2D eigenvalue weighted by molar-refractivity contribution is 7.99. The van der Waals surface area contributed by atoms with Gasteiger partial charge in [0.1, 0.15) is 5.54 Å². The molecule has 2 amide bonds. The second kappa shape index (κ2) is 6.28. The predicted molar refractivity (Wildman–Crippen MR) is 71.0 cm³/mol. The van der Waals surface area contributed by atoms with Crippen molar-refractivity contribution in [2.45, 2.75) is 39.2 Å². The summed E-state index contributed by atoms with van der Waals surface area (Å²) in [7, 11) is 0. The fourth-order valence-corrected chi connectivity index (χ4v) is 2.97. The van der Waals surface area contributed by atoms with E-state index in [0.717, 1.165) is 11.5 Å². The molecule has 0 aromatic carbocycles. The zero-order valence-electron chi connectivity index (χ0n) is 10.9. The lowest BCUT2D eigenvalue weighted by Gasteiger charge is -2.45. The maximum Gasteiger partial charge on any atom is 0.246 e. The highest BCUT2D eigenvalue weighted by atomic mass is 32.2. The first-order valence-corrected chi connectivity index (χ1v) is 7.44. The van der Waals surface area contributed by atoms with E-state index in [0.29, 0.717) is 19.4 Å². The molecular weight excluding hydrogens is 236 g/mol. The number of carbonyl (C=O) groups is 2. The van der Waals surface area contributed by atoms with Crippen molar-refractivity contribution in [3.63, 3.8) is 0 Å². The molecular formula is C12H22N2O2S. The van der Waals surface area contributed by atoms with E-state index >= 15 is 0 Å². The Hall–Kier alpha value is -0.710. The van der Waals surface area contributed by atoms with E-state index in [9.17, 15) is 9.59 Å². The number of thioether (sulfide) groups is 1. The molecule has 1 saturated heterocycles. The molecule has 4 nitrogen and oxygen atoms in total. The Kier molecular flexibility index (Phi) is 5.31. The van der Waals surface area contributed by atoms with Crippen LogP contribution in [0.5, 0.6) is 0 Å². The second-order valence-electron chi connectivity index (χ2n) is 4.16. The third-order valence-electron chi connectivity index (χ3n) is 3.47. The smallest absolute Gasteiger partial charge is 0.246 e. The molecule has 1 aliphatic rings. The SMILES string of the molecule is CCSCCN1C(=O)CNC(=O)C1(CC)CC. The number of piperazine rings is 1. The summed E-state index contributed by atoms with van der Waals surface area (Å²) < 4.78 is 0. The first-order valence-electron chi connectivity index (χ1n) is 6.28. The minimum Gasteiger partial charge on any atom is -0.345 e. The highest BCUT2D eigenvalue weighted by Gasteiger charge is 2.46. The van der Waals surface area contributed by atoms with Crippen molar-refractivity contribution in [2.24, 2.45) is 0 Å². The minimum atomic E-state index is -0.621. The summed E-state index contributed by atoms with van der Waals surface area (Å²) in [5.41, 5.74) is -0.621. The quantitative estimate of drug-likeness (QED) is 0.730. The van der Waals surface area contributed by atoms with Crippen LogP contribution in [-0.4, -0.2) is 46.8 Å². The molecule has 17 heavy (non-hydrogen) atoms. The molecule has 0 unspecified atom stereocenters. The van der Waals surface area contributed by atoms with Crippen molar-refractivity contribution < 1.29 is 9.59 Å². The summed E-state index contributed by atoms with van der Waals surface area (Å²) in [5, 5.41) is 2.71. The number of nitrogens with one attached hydrogen (secondary N) is 1. The van der Waals surface area contributed by atoms with E-state index in [-0.39, 0.29) is 18.4 Å². The zero-order chi connectivity index (χ0) is 12.9. The summed E-state index contributed by atoms with van der Waals surface area (Å²) >= 11 is 1.80. The third-order valence-corrected chi connectivity index (χ3v) is 4.35. The van der Waals surface area contributed by atoms with Gasteiger partial charge in [-0.05, 0) is 18.6 Å². The van der Waals surface area contributed by atoms with Gasteiger partial charge in [-0.2, -0.15) is 11.8 Å². The largest absolute Gasteiger partial charge is 0.345 e. The van der Waals surface area contributed by atoms with Crippen molar-refractivity contribution in [2.75, 3.05) is 24.6 Å². The Bertz CT molecular complexity index is 290. The van der Waals surface area contributed by atoms with E-state index in [4.69, 9.17) is 0 Å². The van der Waals surface area contributed by atoms with Gasteiger partial charge in [0.25, 0.3) is 0 Å². The van der Waals surface area contributed by atoms with Crippen molar-refractivity contribution in [1.82, 2.24) is 10.2 Å². The van der Waals surface area contributed by atoms with Gasteiger partial charge in [-0.25, -0.2) is 0 Å². The van der Waals surface area contributed by atoms with E-state index in [1.54, 1.807) is 16.7 Å². The summed E-state index contributed by atoms with van der Waals surface area (Å²) in [5.74, 6) is 1.99. The van der Waals surface area contributed by atoms with Gasteiger partial charge >= 0.3 is 0 Å². The van der Waals surface area contributed by atoms with Crippen LogP contribution < -0.4 is 5.32 Å². The second-order valence-corrected chi connectivity index (χ2v) is 5.56. The maximum atomic E-state index is 12.1. The molecule has 0 bridgehead atoms. The molecule has 0 radical (unpaired) electrons. The van der Waals surface area contributed by atoms with Crippen LogP contribution in [0.25, 0.3) is 0 Å². The van der Waals surface area contributed by atoms with Crippen LogP contribution in [0.15, 0.2) is 0 Å². The van der Waals surface area contributed by atoms with Crippen LogP contribution in [0.4, 0.5) is 0 Å². The Balaban J connectivity index is 2.84. The fraction of sp³-hybridized carbons (Fsp3) is 0.833. The monoisotopic (exact) mass is 258 g/mol. The van der Waals surface area contributed by atoms with E-state index in [1.165, 1.54) is 0 Å². The molecule has 0 aliphatic carbocycles. The number of amides is 2. The average molecular weight is 258 g/mol. The Morgan fingerprint density at radius 2 is 1.94 bits per heavy atom. The summed E-state index contributed by atoms with van der Waals surface area (Å²) in [4.78, 5) is 25.8. The lowest BCUT2D eigenvalue weighted by Crippen LogP contribution is -2.67. The molecule has 1 N–H and O–H groups in total. The first kappa shape index (κ1) is 14.4. The number of hydrogen-bond donors (Lipinski definition) is 1. The predicted octanol–water partition coefficient (Wildman–Crippen LogP) is 1.26. The normalized spacial score (nSPS) is 19.4. The Morgan fingerprint density at radius 1 is 1.29 bits per heavy atom. The lowest BCUT2D eigenvalue weighted by atomic mass is 9.87. The lowest BCUT2D eigenvalue weighted by molar-refractivity contribution is -0.154. The average Bonchev–Trinajstić information content (AvgIpc) is 2.34. The van der Waals surface area contributed by atoms with Crippen LogP contribution in [0.2, 0.25) is 0 Å². The molecule has 0 aromatic heterocycles. The summed E-state index contributed by atoms with van der Waals surface area (Å²) in [6, 6.07) is 0. The highest BCUT2D eigenvalue weighted by Crippen LogP contribution is 2.27. The molecule has 5 heteroatoms. The van der Waals surface area contributed by atoms with Crippen LogP contribution in [0, 0.1) is 0 Å². The van der Waals surface area contributed by atoms with Gasteiger partial charge in [-0.15, -0.1) is 0 Å². The number of rotatable bonds is 6. The molecule has 98 valence electrons. The third kappa shape index (κ3) is 2.76. The Morgan fingerprint density at radius 3 is 2.47 bits per heavy atom. The molecule has 1 rings (SSSR count). The first-order chi connectivity index (χ1) is 8.12. The molecule has 0 spiro atoms. The van der Waals surface area contributed by atoms with Gasteiger partial charge in [0.05, 0.1) is 6.54 Å². The van der Waals surface area contributed by atoms with E-state index in [2.05, 4.69) is 12.2 Å². The molecule has 1 fully saturated rings. The standard InChI is InChI=1S/C12H22N2O2S/c1-4-12(5-2)11(16)13-9-10(15)14(12)7-8-17-6-3/h4-9H2,1-3H3,(H,13,16). The van der Waals surface area contributed by atoms with Crippen molar-refractivity contribution >= 4 is 23.6 Å². The maximum absolute atomic E-state index is 12.1. The molecule has 0 saturated carbocycles. The van der Waals surface area contributed by atoms with Gasteiger partial charge in [-0.1, -0.05) is 20.8 Å². The van der Waals surface area contributed by atoms with Crippen LogP contribution in [0.1, 0.15) is 33.6 Å². The molecule has 0 aromatic rings. The van der Waals surface area contributed by atoms with Gasteiger partial charge in [0.15, 0.2) is 0 Å². The van der Waals surface area contributed by atoms with Gasteiger partial charge < -0.3 is 10.2 Å². The minimum absolute atomic E-state index is 0.00333. The van der Waals surface area contributed by atoms with E-state index < -0.39 is 5.54 Å². The van der Waals surface area contributed by atoms with Crippen LogP contribution in [0.3, 0.4) is 0 Å². The van der Waals surface area contributed by atoms with Crippen LogP contribution in [-0.2, 0) is 9.59 Å². The van der Waals surface area contributed by atoms with Crippen molar-refractivity contribution in [3.8, 4) is 0 Å². The molecule has 0 atom stereocenters. The van der Waals surface area contributed by atoms with Gasteiger partial charge in [0, 0.05) is 12.3 Å². The summed E-state index contributed by atoms with van der Waals surface area (Å²) in [6.07, 6.45) is 1.36. The van der Waals surface area contributed by atoms with Gasteiger partial charge in [0.2, 0.25) is 11.8 Å². The fourth-order valence-electron chi connectivity index (χ4n) is 2.37. The number of hydrogen-bond acceptors (Lipinski definition) is 3. The van der Waals surface area contributed by atoms with Gasteiger partial charge in [-0.3, -0.25) is 9.59 Å². The Labute approximate surface area is 108 Å². The number of carbonyl (C=O) groups excluding carboxylic acids is 2.